The first kappa shape index (κ1) is 23.4. The number of hydrogen-bond acceptors (Lipinski definition) is 3. The molecule has 3 N–H and O–H groups in total. The number of amides is 2. The summed E-state index contributed by atoms with van der Waals surface area (Å²) in [6.45, 7) is 3.48. The molecule has 1 saturated heterocycles. The van der Waals surface area contributed by atoms with Gasteiger partial charge in [0.1, 0.15) is 5.82 Å². The van der Waals surface area contributed by atoms with E-state index in [1.165, 1.54) is 12.1 Å². The molecule has 0 aliphatic carbocycles. The third-order valence-corrected chi connectivity index (χ3v) is 4.99. The zero-order valence-electron chi connectivity index (χ0n) is 16.0. The molecule has 5 nitrogen and oxygen atoms in total. The standard InChI is InChI=1S/C20H30FN3O2.ClH/c1-15(8-9-16-5-4-6-17(21)13-16)20(26)24-12-3-2-7-18(24)14-23-19(25)10-11-22;/h4-6,13,15,18H,2-3,7-12,14,22H2,1H3,(H,23,25);1H. The molecule has 1 heterocycles. The van der Waals surface area contributed by atoms with E-state index >= 15 is 0 Å². The van der Waals surface area contributed by atoms with Crippen molar-refractivity contribution in [2.45, 2.75) is 51.5 Å². The van der Waals surface area contributed by atoms with Gasteiger partial charge in [-0.2, -0.15) is 0 Å². The van der Waals surface area contributed by atoms with E-state index in [1.807, 2.05) is 17.9 Å². The van der Waals surface area contributed by atoms with Gasteiger partial charge in [-0.1, -0.05) is 19.1 Å². The lowest BCUT2D eigenvalue weighted by atomic mass is 9.96. The van der Waals surface area contributed by atoms with E-state index in [4.69, 9.17) is 5.73 Å². The molecule has 0 aromatic heterocycles. The topological polar surface area (TPSA) is 75.4 Å². The fraction of sp³-hybridized carbons (Fsp3) is 0.600. The third kappa shape index (κ3) is 7.46. The molecule has 152 valence electrons. The maximum absolute atomic E-state index is 13.3. The monoisotopic (exact) mass is 399 g/mol. The van der Waals surface area contributed by atoms with Crippen LogP contribution in [0.1, 0.15) is 44.6 Å². The predicted octanol–water partition coefficient (Wildman–Crippen LogP) is 2.66. The van der Waals surface area contributed by atoms with Crippen molar-refractivity contribution in [3.8, 4) is 0 Å². The summed E-state index contributed by atoms with van der Waals surface area (Å²) in [5, 5.41) is 2.89. The Labute approximate surface area is 167 Å². The first-order valence-electron chi connectivity index (χ1n) is 9.53. The Morgan fingerprint density at radius 1 is 1.37 bits per heavy atom. The quantitative estimate of drug-likeness (QED) is 0.705. The molecule has 0 spiro atoms. The van der Waals surface area contributed by atoms with Crippen LogP contribution in [0.15, 0.2) is 24.3 Å². The molecule has 27 heavy (non-hydrogen) atoms. The number of halogens is 2. The first-order valence-corrected chi connectivity index (χ1v) is 9.53. The predicted molar refractivity (Wildman–Crippen MR) is 107 cm³/mol. The van der Waals surface area contributed by atoms with Crippen LogP contribution in [0, 0.1) is 11.7 Å². The highest BCUT2D eigenvalue weighted by Crippen LogP contribution is 2.21. The van der Waals surface area contributed by atoms with Crippen molar-refractivity contribution >= 4 is 24.2 Å². The Balaban J connectivity index is 0.00000364. The summed E-state index contributed by atoms with van der Waals surface area (Å²) in [6.07, 6.45) is 4.64. The van der Waals surface area contributed by atoms with Gasteiger partial charge in [0.25, 0.3) is 0 Å². The van der Waals surface area contributed by atoms with Crippen LogP contribution in [0.3, 0.4) is 0 Å². The van der Waals surface area contributed by atoms with Crippen LogP contribution in [0.2, 0.25) is 0 Å². The van der Waals surface area contributed by atoms with E-state index in [0.717, 1.165) is 31.4 Å². The van der Waals surface area contributed by atoms with Gasteiger partial charge >= 0.3 is 0 Å². The summed E-state index contributed by atoms with van der Waals surface area (Å²) in [5.41, 5.74) is 6.31. The SMILES string of the molecule is CC(CCc1cccc(F)c1)C(=O)N1CCCCC1CNC(=O)CCN.Cl. The molecule has 0 radical (unpaired) electrons. The molecule has 0 saturated carbocycles. The van der Waals surface area contributed by atoms with E-state index in [9.17, 15) is 14.0 Å². The average molecular weight is 400 g/mol. The Kier molecular flexibility index (Phi) is 10.3. The zero-order chi connectivity index (χ0) is 18.9. The minimum absolute atomic E-state index is 0. The minimum Gasteiger partial charge on any atom is -0.354 e. The van der Waals surface area contributed by atoms with Crippen molar-refractivity contribution in [3.05, 3.63) is 35.6 Å². The summed E-state index contributed by atoms with van der Waals surface area (Å²) in [6, 6.07) is 6.58. The molecular formula is C20H31ClFN3O2. The fourth-order valence-electron chi connectivity index (χ4n) is 3.44. The first-order chi connectivity index (χ1) is 12.5. The Morgan fingerprint density at radius 2 is 2.15 bits per heavy atom. The normalized spacial score (nSPS) is 17.7. The molecule has 1 aliphatic rings. The number of rotatable bonds is 8. The number of nitrogens with zero attached hydrogens (tertiary/aromatic N) is 1. The summed E-state index contributed by atoms with van der Waals surface area (Å²) < 4.78 is 13.3. The number of likely N-dealkylation sites (tertiary alicyclic amines) is 1. The highest BCUT2D eigenvalue weighted by Gasteiger charge is 2.29. The van der Waals surface area contributed by atoms with E-state index < -0.39 is 0 Å². The van der Waals surface area contributed by atoms with Gasteiger partial charge in [-0.15, -0.1) is 12.4 Å². The molecule has 1 fully saturated rings. The highest BCUT2D eigenvalue weighted by molar-refractivity contribution is 5.85. The van der Waals surface area contributed by atoms with Crippen molar-refractivity contribution in [2.24, 2.45) is 11.7 Å². The van der Waals surface area contributed by atoms with Gasteiger partial charge in [0, 0.05) is 38.0 Å². The lowest BCUT2D eigenvalue weighted by molar-refractivity contribution is -0.139. The molecular weight excluding hydrogens is 369 g/mol. The van der Waals surface area contributed by atoms with Gasteiger partial charge in [0.2, 0.25) is 11.8 Å². The van der Waals surface area contributed by atoms with Crippen molar-refractivity contribution in [2.75, 3.05) is 19.6 Å². The van der Waals surface area contributed by atoms with Crippen LogP contribution in [-0.2, 0) is 16.0 Å². The molecule has 1 aliphatic heterocycles. The lowest BCUT2D eigenvalue weighted by Crippen LogP contribution is -2.51. The van der Waals surface area contributed by atoms with Crippen LogP contribution in [0.25, 0.3) is 0 Å². The number of hydrogen-bond donors (Lipinski definition) is 2. The zero-order valence-corrected chi connectivity index (χ0v) is 16.8. The van der Waals surface area contributed by atoms with Gasteiger partial charge in [0.05, 0.1) is 0 Å². The molecule has 1 aromatic carbocycles. The molecule has 0 bridgehead atoms. The largest absolute Gasteiger partial charge is 0.354 e. The summed E-state index contributed by atoms with van der Waals surface area (Å²) in [7, 11) is 0. The van der Waals surface area contributed by atoms with Gasteiger partial charge in [-0.3, -0.25) is 9.59 Å². The van der Waals surface area contributed by atoms with E-state index in [2.05, 4.69) is 5.32 Å². The van der Waals surface area contributed by atoms with Gasteiger partial charge in [-0.05, 0) is 49.8 Å². The van der Waals surface area contributed by atoms with E-state index in [-0.39, 0.29) is 42.0 Å². The van der Waals surface area contributed by atoms with Gasteiger partial charge in [-0.25, -0.2) is 4.39 Å². The van der Waals surface area contributed by atoms with Crippen LogP contribution < -0.4 is 11.1 Å². The van der Waals surface area contributed by atoms with Crippen molar-refractivity contribution < 1.29 is 14.0 Å². The number of benzene rings is 1. The Bertz CT molecular complexity index is 615. The molecule has 2 amide bonds. The molecule has 2 atom stereocenters. The number of aryl methyl sites for hydroxylation is 1. The number of carbonyl (C=O) groups excluding carboxylic acids is 2. The number of nitrogens with two attached hydrogens (primary N) is 1. The average Bonchev–Trinajstić information content (AvgIpc) is 2.64. The number of carbonyl (C=O) groups is 2. The highest BCUT2D eigenvalue weighted by atomic mass is 35.5. The smallest absolute Gasteiger partial charge is 0.225 e. The van der Waals surface area contributed by atoms with Crippen molar-refractivity contribution in [1.82, 2.24) is 10.2 Å². The van der Waals surface area contributed by atoms with Gasteiger partial charge < -0.3 is 16.0 Å². The third-order valence-electron chi connectivity index (χ3n) is 4.99. The molecule has 2 rings (SSSR count). The summed E-state index contributed by atoms with van der Waals surface area (Å²) in [5.74, 6) is -0.312. The number of piperidine rings is 1. The van der Waals surface area contributed by atoms with Crippen molar-refractivity contribution in [3.63, 3.8) is 0 Å². The number of nitrogens with one attached hydrogen (secondary N) is 1. The maximum Gasteiger partial charge on any atom is 0.225 e. The van der Waals surface area contributed by atoms with E-state index in [1.54, 1.807) is 6.07 Å². The molecule has 2 unspecified atom stereocenters. The molecule has 7 heteroatoms. The second-order valence-corrected chi connectivity index (χ2v) is 7.09. The molecule has 1 aromatic rings. The second kappa shape index (κ2) is 11.9. The Morgan fingerprint density at radius 3 is 2.85 bits per heavy atom. The fourth-order valence-corrected chi connectivity index (χ4v) is 3.44. The minimum atomic E-state index is -0.245. The maximum atomic E-state index is 13.3. The Hall–Kier alpha value is -1.66. The second-order valence-electron chi connectivity index (χ2n) is 7.09. The van der Waals surface area contributed by atoms with Crippen LogP contribution >= 0.6 is 12.4 Å². The summed E-state index contributed by atoms with van der Waals surface area (Å²) in [4.78, 5) is 26.5. The van der Waals surface area contributed by atoms with Gasteiger partial charge in [0.15, 0.2) is 0 Å². The summed E-state index contributed by atoms with van der Waals surface area (Å²) >= 11 is 0. The lowest BCUT2D eigenvalue weighted by Gasteiger charge is -2.37. The van der Waals surface area contributed by atoms with Crippen LogP contribution in [-0.4, -0.2) is 42.4 Å². The van der Waals surface area contributed by atoms with E-state index in [0.29, 0.717) is 32.4 Å². The van der Waals surface area contributed by atoms with Crippen molar-refractivity contribution in [1.29, 1.82) is 0 Å². The van der Waals surface area contributed by atoms with Crippen LogP contribution in [0.4, 0.5) is 4.39 Å². The van der Waals surface area contributed by atoms with Crippen LogP contribution in [0.5, 0.6) is 0 Å².